The topological polar surface area (TPSA) is 54.7 Å². The van der Waals surface area contributed by atoms with Crippen molar-refractivity contribution in [1.82, 2.24) is 10.2 Å². The van der Waals surface area contributed by atoms with E-state index in [0.717, 1.165) is 32.8 Å². The summed E-state index contributed by atoms with van der Waals surface area (Å²) in [5.74, 6) is 0.0106. The first-order valence-electron chi connectivity index (χ1n) is 6.01. The van der Waals surface area contributed by atoms with Crippen LogP contribution in [0.3, 0.4) is 0 Å². The lowest BCUT2D eigenvalue weighted by molar-refractivity contribution is 0.0341. The third-order valence-corrected chi connectivity index (χ3v) is 3.01. The van der Waals surface area contributed by atoms with Crippen LogP contribution in [0.5, 0.6) is 0 Å². The number of carbonyl (C=O) groups excluding carboxylic acids is 1. The number of hydrogen-bond acceptors (Lipinski definition) is 4. The number of halogens is 1. The zero-order valence-electron chi connectivity index (χ0n) is 10.3. The van der Waals surface area contributed by atoms with E-state index in [4.69, 9.17) is 20.8 Å². The monoisotopic (exact) mass is 272 g/mol. The average molecular weight is 273 g/mol. The number of rotatable bonds is 4. The molecule has 0 spiro atoms. The SMILES string of the molecule is C[C@H](CN1CCOCC1)NC(=O)c1ccc(Cl)o1. The van der Waals surface area contributed by atoms with Gasteiger partial charge in [-0.05, 0) is 30.7 Å². The molecule has 1 aliphatic rings. The standard InChI is InChI=1S/C12H17ClN2O3/c1-9(8-15-4-6-17-7-5-15)14-12(16)10-2-3-11(13)18-10/h2-3,9H,4-8H2,1H3,(H,14,16)/t9-/m1/s1. The highest BCUT2D eigenvalue weighted by molar-refractivity contribution is 6.29. The summed E-state index contributed by atoms with van der Waals surface area (Å²) in [6.45, 7) is 6.12. The maximum absolute atomic E-state index is 11.8. The van der Waals surface area contributed by atoms with Crippen molar-refractivity contribution in [2.45, 2.75) is 13.0 Å². The van der Waals surface area contributed by atoms with Crippen LogP contribution in [0.2, 0.25) is 5.22 Å². The van der Waals surface area contributed by atoms with Gasteiger partial charge in [0.15, 0.2) is 11.0 Å². The molecule has 2 heterocycles. The second-order valence-electron chi connectivity index (χ2n) is 4.39. The first kappa shape index (κ1) is 13.4. The van der Waals surface area contributed by atoms with Crippen molar-refractivity contribution in [3.63, 3.8) is 0 Å². The predicted molar refractivity (Wildman–Crippen MR) is 67.9 cm³/mol. The van der Waals surface area contributed by atoms with Crippen molar-refractivity contribution < 1.29 is 13.9 Å². The molecule has 1 aromatic heterocycles. The quantitative estimate of drug-likeness (QED) is 0.900. The third-order valence-electron chi connectivity index (χ3n) is 2.81. The van der Waals surface area contributed by atoms with Crippen molar-refractivity contribution >= 4 is 17.5 Å². The summed E-state index contributed by atoms with van der Waals surface area (Å²) in [5, 5.41) is 3.11. The van der Waals surface area contributed by atoms with Gasteiger partial charge in [-0.15, -0.1) is 0 Å². The molecular formula is C12H17ClN2O3. The first-order valence-corrected chi connectivity index (χ1v) is 6.39. The zero-order valence-corrected chi connectivity index (χ0v) is 11.1. The van der Waals surface area contributed by atoms with Crippen LogP contribution in [-0.4, -0.2) is 49.7 Å². The fourth-order valence-corrected chi connectivity index (χ4v) is 2.09. The van der Waals surface area contributed by atoms with Gasteiger partial charge in [-0.1, -0.05) is 0 Å². The van der Waals surface area contributed by atoms with Crippen molar-refractivity contribution in [3.8, 4) is 0 Å². The Hall–Kier alpha value is -1.04. The van der Waals surface area contributed by atoms with Gasteiger partial charge >= 0.3 is 0 Å². The van der Waals surface area contributed by atoms with Crippen molar-refractivity contribution in [2.75, 3.05) is 32.8 Å². The highest BCUT2D eigenvalue weighted by Crippen LogP contribution is 2.13. The van der Waals surface area contributed by atoms with Crippen LogP contribution in [0.4, 0.5) is 0 Å². The minimum Gasteiger partial charge on any atom is -0.440 e. The van der Waals surface area contributed by atoms with E-state index < -0.39 is 0 Å². The molecule has 0 radical (unpaired) electrons. The molecule has 5 nitrogen and oxygen atoms in total. The Morgan fingerprint density at radius 3 is 2.83 bits per heavy atom. The van der Waals surface area contributed by atoms with Gasteiger partial charge in [0.25, 0.3) is 5.91 Å². The lowest BCUT2D eigenvalue weighted by atomic mass is 10.2. The lowest BCUT2D eigenvalue weighted by Crippen LogP contribution is -2.45. The summed E-state index contributed by atoms with van der Waals surface area (Å²) in [6.07, 6.45) is 0. The molecule has 2 rings (SSSR count). The number of hydrogen-bond donors (Lipinski definition) is 1. The summed E-state index contributed by atoms with van der Waals surface area (Å²) >= 11 is 5.63. The van der Waals surface area contributed by atoms with Crippen molar-refractivity contribution in [1.29, 1.82) is 0 Å². The number of nitrogens with one attached hydrogen (secondary N) is 1. The van der Waals surface area contributed by atoms with Gasteiger partial charge in [-0.25, -0.2) is 0 Å². The molecule has 0 aliphatic carbocycles. The largest absolute Gasteiger partial charge is 0.440 e. The lowest BCUT2D eigenvalue weighted by Gasteiger charge is -2.29. The molecule has 1 aromatic rings. The minimum absolute atomic E-state index is 0.0551. The summed E-state index contributed by atoms with van der Waals surface area (Å²) in [4.78, 5) is 14.1. The molecule has 1 amide bonds. The molecule has 0 unspecified atom stereocenters. The molecule has 0 bridgehead atoms. The number of nitrogens with zero attached hydrogens (tertiary/aromatic N) is 1. The van der Waals surface area contributed by atoms with Crippen LogP contribution >= 0.6 is 11.6 Å². The number of amides is 1. The number of morpholine rings is 1. The average Bonchev–Trinajstić information content (AvgIpc) is 2.77. The van der Waals surface area contributed by atoms with Gasteiger partial charge in [0.2, 0.25) is 0 Å². The maximum Gasteiger partial charge on any atom is 0.287 e. The van der Waals surface area contributed by atoms with E-state index in [9.17, 15) is 4.79 Å². The number of furan rings is 1. The Kier molecular flexibility index (Phi) is 4.63. The maximum atomic E-state index is 11.8. The molecule has 1 N–H and O–H groups in total. The fraction of sp³-hybridized carbons (Fsp3) is 0.583. The van der Waals surface area contributed by atoms with Crippen molar-refractivity contribution in [2.24, 2.45) is 0 Å². The normalized spacial score (nSPS) is 18.6. The van der Waals surface area contributed by atoms with Crippen LogP contribution in [0.1, 0.15) is 17.5 Å². The second-order valence-corrected chi connectivity index (χ2v) is 4.76. The zero-order chi connectivity index (χ0) is 13.0. The summed E-state index contributed by atoms with van der Waals surface area (Å²) < 4.78 is 10.3. The highest BCUT2D eigenvalue weighted by atomic mass is 35.5. The molecule has 100 valence electrons. The van der Waals surface area contributed by atoms with E-state index >= 15 is 0 Å². The molecule has 6 heteroatoms. The molecule has 0 aromatic carbocycles. The smallest absolute Gasteiger partial charge is 0.287 e. The molecule has 18 heavy (non-hydrogen) atoms. The summed E-state index contributed by atoms with van der Waals surface area (Å²) in [6, 6.07) is 3.18. The van der Waals surface area contributed by atoms with Crippen LogP contribution in [0.15, 0.2) is 16.5 Å². The summed E-state index contributed by atoms with van der Waals surface area (Å²) in [5.41, 5.74) is 0. The minimum atomic E-state index is -0.234. The van der Waals surface area contributed by atoms with Gasteiger partial charge in [-0.3, -0.25) is 9.69 Å². The molecular weight excluding hydrogens is 256 g/mol. The van der Waals surface area contributed by atoms with Gasteiger partial charge < -0.3 is 14.5 Å². The molecule has 1 aliphatic heterocycles. The second kappa shape index (κ2) is 6.22. The van der Waals surface area contributed by atoms with E-state index in [1.807, 2.05) is 6.92 Å². The van der Waals surface area contributed by atoms with Crippen LogP contribution in [-0.2, 0) is 4.74 Å². The third kappa shape index (κ3) is 3.73. The van der Waals surface area contributed by atoms with E-state index in [0.29, 0.717) is 0 Å². The Morgan fingerprint density at radius 2 is 2.22 bits per heavy atom. The fourth-order valence-electron chi connectivity index (χ4n) is 1.95. The van der Waals surface area contributed by atoms with Crippen LogP contribution in [0, 0.1) is 0 Å². The van der Waals surface area contributed by atoms with E-state index in [1.54, 1.807) is 12.1 Å². The van der Waals surface area contributed by atoms with Gasteiger partial charge in [0, 0.05) is 25.7 Å². The first-order chi connectivity index (χ1) is 8.65. The van der Waals surface area contributed by atoms with Gasteiger partial charge in [0.05, 0.1) is 13.2 Å². The number of carbonyl (C=O) groups is 1. The highest BCUT2D eigenvalue weighted by Gasteiger charge is 2.17. The Balaban J connectivity index is 1.79. The van der Waals surface area contributed by atoms with Crippen LogP contribution in [0.25, 0.3) is 0 Å². The van der Waals surface area contributed by atoms with Crippen molar-refractivity contribution in [3.05, 3.63) is 23.1 Å². The predicted octanol–water partition coefficient (Wildman–Crippen LogP) is 1.38. The molecule has 0 saturated carbocycles. The molecule has 1 atom stereocenters. The summed E-state index contributed by atoms with van der Waals surface area (Å²) in [7, 11) is 0. The van der Waals surface area contributed by atoms with Gasteiger partial charge in [-0.2, -0.15) is 0 Å². The Labute approximate surface area is 111 Å². The number of ether oxygens (including phenoxy) is 1. The van der Waals surface area contributed by atoms with Crippen LogP contribution < -0.4 is 5.32 Å². The Morgan fingerprint density at radius 1 is 1.50 bits per heavy atom. The van der Waals surface area contributed by atoms with E-state index in [-0.39, 0.29) is 22.9 Å². The molecule has 1 fully saturated rings. The van der Waals surface area contributed by atoms with Gasteiger partial charge in [0.1, 0.15) is 0 Å². The van der Waals surface area contributed by atoms with E-state index in [1.165, 1.54) is 0 Å². The van der Waals surface area contributed by atoms with E-state index in [2.05, 4.69) is 10.2 Å². The molecule has 1 saturated heterocycles. The Bertz CT molecular complexity index is 402.